The van der Waals surface area contributed by atoms with Crippen LogP contribution in [0.1, 0.15) is 393 Å². The van der Waals surface area contributed by atoms with Gasteiger partial charge in [-0.3, -0.25) is 13.8 Å². The minimum atomic E-state index is -4.33. The van der Waals surface area contributed by atoms with Gasteiger partial charge in [0.15, 0.2) is 0 Å². The van der Waals surface area contributed by atoms with E-state index in [9.17, 15) is 19.4 Å². The van der Waals surface area contributed by atoms with E-state index in [1.54, 1.807) is 0 Å². The largest absolute Gasteiger partial charge is 0.472 e. The van der Waals surface area contributed by atoms with E-state index >= 15 is 0 Å². The zero-order valence-electron chi connectivity index (χ0n) is 55.6. The maximum Gasteiger partial charge on any atom is 0.472 e. The first-order valence-electron chi connectivity index (χ1n) is 36.6. The van der Waals surface area contributed by atoms with E-state index in [4.69, 9.17) is 9.05 Å². The molecule has 0 radical (unpaired) electrons. The number of rotatable bonds is 69. The lowest BCUT2D eigenvalue weighted by Crippen LogP contribution is -2.46. The second kappa shape index (κ2) is 63.7. The first kappa shape index (κ1) is 80.2. The highest BCUT2D eigenvalue weighted by Crippen LogP contribution is 2.43. The zero-order chi connectivity index (χ0) is 59.1. The highest BCUT2D eigenvalue weighted by molar-refractivity contribution is 7.47. The number of likely N-dealkylation sites (N-methyl/N-ethyl adjacent to an activating group) is 1. The second-order valence-electron chi connectivity index (χ2n) is 26.7. The highest BCUT2D eigenvalue weighted by Gasteiger charge is 2.28. The average molecular weight is 1170 g/mol. The summed E-state index contributed by atoms with van der Waals surface area (Å²) in [6.07, 6.45) is 81.9. The number of unbranched alkanes of at least 4 members (excludes halogenated alkanes) is 54. The molecule has 0 saturated carbocycles. The van der Waals surface area contributed by atoms with Crippen LogP contribution in [0, 0.1) is 0 Å². The Morgan fingerprint density at radius 2 is 0.667 bits per heavy atom. The number of nitrogens with one attached hydrogen (secondary N) is 1. The summed E-state index contributed by atoms with van der Waals surface area (Å²) in [4.78, 5) is 23.5. The predicted molar refractivity (Wildman–Crippen MR) is 355 cm³/mol. The Morgan fingerprint density at radius 1 is 0.407 bits per heavy atom. The first-order chi connectivity index (χ1) is 39.5. The van der Waals surface area contributed by atoms with Gasteiger partial charge in [-0.1, -0.05) is 360 Å². The van der Waals surface area contributed by atoms with Gasteiger partial charge in [-0.25, -0.2) is 4.57 Å². The molecule has 0 aromatic rings. The lowest BCUT2D eigenvalue weighted by atomic mass is 10.0. The fourth-order valence-corrected chi connectivity index (χ4v) is 12.3. The number of hydrogen-bond acceptors (Lipinski definition) is 5. The lowest BCUT2D eigenvalue weighted by molar-refractivity contribution is -0.870. The monoisotopic (exact) mass is 1170 g/mol. The van der Waals surface area contributed by atoms with Gasteiger partial charge in [-0.15, -0.1) is 0 Å². The van der Waals surface area contributed by atoms with Gasteiger partial charge < -0.3 is 19.8 Å². The minimum absolute atomic E-state index is 0.0786. The number of carbonyl (C=O) groups excluding carboxylic acids is 1. The number of carbonyl (C=O) groups is 1. The summed E-state index contributed by atoms with van der Waals surface area (Å²) < 4.78 is 23.9. The molecule has 81 heavy (non-hydrogen) atoms. The summed E-state index contributed by atoms with van der Waals surface area (Å²) in [5.41, 5.74) is 0. The van der Waals surface area contributed by atoms with E-state index in [1.165, 1.54) is 327 Å². The van der Waals surface area contributed by atoms with Gasteiger partial charge >= 0.3 is 7.82 Å². The fraction of sp³-hybridized carbons (Fsp3) is 0.958. The third kappa shape index (κ3) is 66.6. The summed E-state index contributed by atoms with van der Waals surface area (Å²) in [6.45, 7) is 4.96. The molecule has 0 saturated heterocycles. The van der Waals surface area contributed by atoms with Crippen molar-refractivity contribution in [1.82, 2.24) is 5.32 Å². The van der Waals surface area contributed by atoms with E-state index < -0.39 is 20.0 Å². The van der Waals surface area contributed by atoms with E-state index in [1.807, 2.05) is 21.1 Å². The van der Waals surface area contributed by atoms with Crippen LogP contribution in [0.5, 0.6) is 0 Å². The van der Waals surface area contributed by atoms with Gasteiger partial charge in [0.1, 0.15) is 13.2 Å². The Hall–Kier alpha value is -0.760. The quantitative estimate of drug-likeness (QED) is 0.0243. The van der Waals surface area contributed by atoms with Crippen molar-refractivity contribution in [3.05, 3.63) is 12.2 Å². The topological polar surface area (TPSA) is 105 Å². The van der Waals surface area contributed by atoms with E-state index in [-0.39, 0.29) is 19.1 Å². The SMILES string of the molecule is CCCCCCCCCC/C=C\CCCCCCCCCCCCCCCCCCCCCCCC(=O)NC(COP(=O)(O)OCC[N+](C)(C)C)C(O)CCCCCCCCCCCCCCCCCCCCCCCCCCCC. The maximum atomic E-state index is 13.1. The molecular weight excluding hydrogens is 1020 g/mol. The van der Waals surface area contributed by atoms with Crippen LogP contribution in [0.15, 0.2) is 12.2 Å². The summed E-state index contributed by atoms with van der Waals surface area (Å²) in [5, 5.41) is 14.2. The van der Waals surface area contributed by atoms with Crippen LogP contribution >= 0.6 is 7.82 Å². The molecule has 0 bridgehead atoms. The third-order valence-electron chi connectivity index (χ3n) is 17.3. The van der Waals surface area contributed by atoms with Crippen molar-refractivity contribution in [2.24, 2.45) is 0 Å². The molecule has 3 unspecified atom stereocenters. The van der Waals surface area contributed by atoms with Crippen LogP contribution in [0.25, 0.3) is 0 Å². The lowest BCUT2D eigenvalue weighted by Gasteiger charge is -2.26. The van der Waals surface area contributed by atoms with Crippen molar-refractivity contribution in [2.45, 2.75) is 405 Å². The Labute approximate surface area is 507 Å². The van der Waals surface area contributed by atoms with Crippen molar-refractivity contribution >= 4 is 13.7 Å². The van der Waals surface area contributed by atoms with Crippen LogP contribution in [0.2, 0.25) is 0 Å². The van der Waals surface area contributed by atoms with E-state index in [0.29, 0.717) is 23.9 Å². The van der Waals surface area contributed by atoms with Gasteiger partial charge in [0, 0.05) is 6.42 Å². The second-order valence-corrected chi connectivity index (χ2v) is 28.1. The molecule has 0 aliphatic heterocycles. The molecule has 0 fully saturated rings. The Morgan fingerprint density at radius 3 is 0.951 bits per heavy atom. The number of phosphoric acid groups is 1. The molecule has 0 spiro atoms. The molecule has 8 nitrogen and oxygen atoms in total. The average Bonchev–Trinajstić information content (AvgIpc) is 3.43. The fourth-order valence-electron chi connectivity index (χ4n) is 11.6. The van der Waals surface area contributed by atoms with Gasteiger partial charge in [-0.2, -0.15) is 0 Å². The number of aliphatic hydroxyl groups is 1. The third-order valence-corrected chi connectivity index (χ3v) is 18.2. The number of allylic oxidation sites excluding steroid dienone is 2. The number of hydrogen-bond donors (Lipinski definition) is 3. The molecule has 0 heterocycles. The number of quaternary nitrogens is 1. The van der Waals surface area contributed by atoms with Gasteiger partial charge in [0.05, 0.1) is 39.9 Å². The van der Waals surface area contributed by atoms with Gasteiger partial charge in [-0.05, 0) is 38.5 Å². The molecule has 0 aromatic heterocycles. The Balaban J connectivity index is 3.96. The number of phosphoric ester groups is 1. The van der Waals surface area contributed by atoms with Crippen LogP contribution in [-0.4, -0.2) is 73.4 Å². The molecule has 1 amide bonds. The summed E-state index contributed by atoms with van der Waals surface area (Å²) in [6, 6.07) is -0.758. The standard InChI is InChI=1S/C72H145N2O6P/c1-6-8-10-12-14-16-18-20-22-24-26-28-30-32-34-35-36-37-38-39-40-42-44-46-48-50-52-54-56-58-60-62-64-66-72(76)73-70(69-80-81(77,78)79-68-67-74(3,4)5)71(75)65-63-61-59-57-55-53-51-49-47-45-43-41-33-31-29-27-25-23-21-19-17-15-13-11-9-7-2/h24,26,70-71,75H,6-23,25,27-69H2,1-5H3,(H-,73,76,77,78)/p+1/b26-24-. The minimum Gasteiger partial charge on any atom is -0.391 e. The van der Waals surface area contributed by atoms with Crippen LogP contribution < -0.4 is 5.32 Å². The van der Waals surface area contributed by atoms with Crippen molar-refractivity contribution in [3.8, 4) is 0 Å². The molecule has 0 aromatic carbocycles. The van der Waals surface area contributed by atoms with Gasteiger partial charge in [0.25, 0.3) is 0 Å². The Kier molecular flexibility index (Phi) is 63.1. The normalized spacial score (nSPS) is 13.6. The molecule has 0 rings (SSSR count). The van der Waals surface area contributed by atoms with E-state index in [2.05, 4.69) is 31.3 Å². The van der Waals surface area contributed by atoms with Crippen LogP contribution in [-0.2, 0) is 18.4 Å². The van der Waals surface area contributed by atoms with Gasteiger partial charge in [0.2, 0.25) is 5.91 Å². The van der Waals surface area contributed by atoms with Crippen LogP contribution in [0.4, 0.5) is 0 Å². The van der Waals surface area contributed by atoms with Crippen molar-refractivity contribution in [1.29, 1.82) is 0 Å². The molecule has 0 aliphatic carbocycles. The molecular formula is C72H146N2O6P+. The maximum absolute atomic E-state index is 13.1. The summed E-state index contributed by atoms with van der Waals surface area (Å²) >= 11 is 0. The molecule has 3 N–H and O–H groups in total. The molecule has 484 valence electrons. The number of aliphatic hydroxyl groups excluding tert-OH is 1. The van der Waals surface area contributed by atoms with E-state index in [0.717, 1.165) is 38.5 Å². The zero-order valence-corrected chi connectivity index (χ0v) is 56.5. The number of amides is 1. The first-order valence-corrected chi connectivity index (χ1v) is 38.0. The molecule has 3 atom stereocenters. The summed E-state index contributed by atoms with van der Waals surface area (Å²) in [7, 11) is 1.64. The van der Waals surface area contributed by atoms with Crippen molar-refractivity contribution in [2.75, 3.05) is 40.9 Å². The summed E-state index contributed by atoms with van der Waals surface area (Å²) in [5.74, 6) is -0.134. The van der Waals surface area contributed by atoms with Crippen molar-refractivity contribution in [3.63, 3.8) is 0 Å². The highest BCUT2D eigenvalue weighted by atomic mass is 31.2. The number of nitrogens with zero attached hydrogens (tertiary/aromatic N) is 1. The van der Waals surface area contributed by atoms with Crippen molar-refractivity contribution < 1.29 is 32.9 Å². The smallest absolute Gasteiger partial charge is 0.391 e. The molecule has 0 aliphatic rings. The predicted octanol–water partition coefficient (Wildman–Crippen LogP) is 23.3. The van der Waals surface area contributed by atoms with Crippen LogP contribution in [0.3, 0.4) is 0 Å². The Bertz CT molecular complexity index is 1320. The molecule has 9 heteroatoms.